The molecule has 0 saturated carbocycles. The lowest BCUT2D eigenvalue weighted by Crippen LogP contribution is -2.18. The SMILES string of the molecule is N#Cc1[nH]ncc1-c1cc(NCCOCCCCNCc2cc(CCO)cc(OC(F)(F)F)c2)c2cn[nH]c2c1. The molecule has 212 valence electrons. The summed E-state index contributed by atoms with van der Waals surface area (Å²) in [7, 11) is 0. The molecule has 0 aliphatic heterocycles. The zero-order chi connectivity index (χ0) is 28.4. The van der Waals surface area contributed by atoms with Gasteiger partial charge >= 0.3 is 6.36 Å². The van der Waals surface area contributed by atoms with Gasteiger partial charge in [-0.1, -0.05) is 6.07 Å². The topological polar surface area (TPSA) is 144 Å². The van der Waals surface area contributed by atoms with Gasteiger partial charge in [0.25, 0.3) is 0 Å². The molecule has 0 unspecified atom stereocenters. The molecule has 0 aliphatic rings. The lowest BCUT2D eigenvalue weighted by atomic mass is 10.0. The Hall–Kier alpha value is -4.12. The standard InChI is InChI=1S/C27H30F3N7O3/c28-27(29,30)40-21-10-18(3-6-38)9-19(11-21)15-32-4-1-2-7-39-8-5-33-24-12-20(13-25-23(24)17-35-36-25)22-16-34-37-26(22)14-31/h9-13,16-17,32-33,38H,1-8,15H2,(H,34,37)(H,35,36). The Morgan fingerprint density at radius 1 is 0.975 bits per heavy atom. The average Bonchev–Trinajstić information content (AvgIpc) is 3.58. The number of nitrogens with zero attached hydrogens (tertiary/aromatic N) is 3. The van der Waals surface area contributed by atoms with E-state index in [1.54, 1.807) is 18.5 Å². The number of aromatic amines is 2. The summed E-state index contributed by atoms with van der Waals surface area (Å²) in [6.07, 6.45) is 0.488. The molecule has 2 aromatic heterocycles. The second kappa shape index (κ2) is 13.8. The van der Waals surface area contributed by atoms with Gasteiger partial charge in [0.05, 0.1) is 24.5 Å². The van der Waals surface area contributed by atoms with E-state index < -0.39 is 6.36 Å². The highest BCUT2D eigenvalue weighted by molar-refractivity contribution is 5.95. The van der Waals surface area contributed by atoms with Gasteiger partial charge in [-0.25, -0.2) is 0 Å². The van der Waals surface area contributed by atoms with Gasteiger partial charge in [0.1, 0.15) is 17.5 Å². The van der Waals surface area contributed by atoms with Gasteiger partial charge in [0.2, 0.25) is 0 Å². The molecule has 4 aromatic rings. The predicted molar refractivity (Wildman–Crippen MR) is 143 cm³/mol. The molecule has 40 heavy (non-hydrogen) atoms. The van der Waals surface area contributed by atoms with E-state index in [-0.39, 0.29) is 18.8 Å². The fourth-order valence-electron chi connectivity index (χ4n) is 4.29. The van der Waals surface area contributed by atoms with Crippen molar-refractivity contribution >= 4 is 16.6 Å². The Kier molecular flexibility index (Phi) is 9.96. The molecule has 0 fully saturated rings. The monoisotopic (exact) mass is 557 g/mol. The van der Waals surface area contributed by atoms with E-state index in [2.05, 4.69) is 41.8 Å². The Morgan fingerprint density at radius 3 is 2.60 bits per heavy atom. The van der Waals surface area contributed by atoms with Gasteiger partial charge in [-0.05, 0) is 66.8 Å². The number of hydrogen-bond acceptors (Lipinski definition) is 8. The number of anilines is 1. The first-order chi connectivity index (χ1) is 19.4. The number of alkyl halides is 3. The van der Waals surface area contributed by atoms with E-state index in [1.807, 2.05) is 12.1 Å². The third kappa shape index (κ3) is 8.19. The Labute approximate surface area is 228 Å². The van der Waals surface area contributed by atoms with Crippen LogP contribution in [0.2, 0.25) is 0 Å². The van der Waals surface area contributed by atoms with E-state index in [0.717, 1.165) is 35.0 Å². The Morgan fingerprint density at radius 2 is 1.80 bits per heavy atom. The molecule has 0 saturated heterocycles. The Balaban J connectivity index is 1.16. The molecule has 0 atom stereocenters. The van der Waals surface area contributed by atoms with E-state index >= 15 is 0 Å². The molecule has 0 amide bonds. The number of nitrogens with one attached hydrogen (secondary N) is 4. The van der Waals surface area contributed by atoms with Gasteiger partial charge in [-0.3, -0.25) is 10.2 Å². The summed E-state index contributed by atoms with van der Waals surface area (Å²) in [4.78, 5) is 0. The van der Waals surface area contributed by atoms with Crippen molar-refractivity contribution in [3.8, 4) is 22.9 Å². The number of unbranched alkanes of at least 4 members (excludes halogenated alkanes) is 1. The summed E-state index contributed by atoms with van der Waals surface area (Å²) in [6, 6.07) is 10.4. The lowest BCUT2D eigenvalue weighted by Gasteiger charge is -2.13. The van der Waals surface area contributed by atoms with E-state index in [1.165, 1.54) is 12.1 Å². The first-order valence-corrected chi connectivity index (χ1v) is 12.8. The van der Waals surface area contributed by atoms with Crippen molar-refractivity contribution in [1.29, 1.82) is 5.26 Å². The largest absolute Gasteiger partial charge is 0.573 e. The minimum absolute atomic E-state index is 0.160. The van der Waals surface area contributed by atoms with Crippen molar-refractivity contribution in [3.63, 3.8) is 0 Å². The minimum atomic E-state index is -4.77. The predicted octanol–water partition coefficient (Wildman–Crippen LogP) is 4.26. The zero-order valence-electron chi connectivity index (χ0n) is 21.6. The smallest absolute Gasteiger partial charge is 0.406 e. The molecule has 0 spiro atoms. The summed E-state index contributed by atoms with van der Waals surface area (Å²) in [6.45, 7) is 2.53. The molecular weight excluding hydrogens is 527 g/mol. The number of halogens is 3. The summed E-state index contributed by atoms with van der Waals surface area (Å²) >= 11 is 0. The number of rotatable bonds is 15. The number of aliphatic hydroxyl groups excluding tert-OH is 1. The van der Waals surface area contributed by atoms with Gasteiger partial charge in [0.15, 0.2) is 0 Å². The highest BCUT2D eigenvalue weighted by atomic mass is 19.4. The van der Waals surface area contributed by atoms with E-state index in [9.17, 15) is 18.4 Å². The van der Waals surface area contributed by atoms with Gasteiger partial charge in [-0.2, -0.15) is 15.5 Å². The molecule has 0 radical (unpaired) electrons. The molecule has 13 heteroatoms. The van der Waals surface area contributed by atoms with Gasteiger partial charge in [-0.15, -0.1) is 13.2 Å². The summed E-state index contributed by atoms with van der Waals surface area (Å²) < 4.78 is 47.6. The fourth-order valence-corrected chi connectivity index (χ4v) is 4.29. The van der Waals surface area contributed by atoms with Gasteiger partial charge in [0, 0.05) is 42.9 Å². The molecule has 4 rings (SSSR count). The second-order valence-electron chi connectivity index (χ2n) is 9.06. The highest BCUT2D eigenvalue weighted by Gasteiger charge is 2.31. The number of aromatic nitrogens is 4. The number of fused-ring (bicyclic) bond motifs is 1. The number of hydrogen-bond donors (Lipinski definition) is 5. The first-order valence-electron chi connectivity index (χ1n) is 12.8. The minimum Gasteiger partial charge on any atom is -0.406 e. The average molecular weight is 558 g/mol. The third-order valence-electron chi connectivity index (χ3n) is 6.06. The van der Waals surface area contributed by atoms with Gasteiger partial charge < -0.3 is 25.2 Å². The Bertz CT molecular complexity index is 1430. The van der Waals surface area contributed by atoms with E-state index in [4.69, 9.17) is 9.84 Å². The van der Waals surface area contributed by atoms with Crippen molar-refractivity contribution in [3.05, 3.63) is 59.5 Å². The molecular formula is C27H30F3N7O3. The van der Waals surface area contributed by atoms with Crippen LogP contribution in [0.25, 0.3) is 22.0 Å². The summed E-state index contributed by atoms with van der Waals surface area (Å²) in [5.74, 6) is -0.286. The quantitative estimate of drug-likeness (QED) is 0.137. The van der Waals surface area contributed by atoms with Crippen molar-refractivity contribution in [2.75, 3.05) is 38.2 Å². The number of benzene rings is 2. The normalized spacial score (nSPS) is 11.6. The van der Waals surface area contributed by atoms with Crippen LogP contribution in [0.1, 0.15) is 29.7 Å². The molecule has 2 heterocycles. The molecule has 0 aliphatic carbocycles. The molecule has 5 N–H and O–H groups in total. The zero-order valence-corrected chi connectivity index (χ0v) is 21.6. The third-order valence-corrected chi connectivity index (χ3v) is 6.06. The van der Waals surface area contributed by atoms with Crippen LogP contribution in [0, 0.1) is 11.3 Å². The molecule has 2 aromatic carbocycles. The van der Waals surface area contributed by atoms with E-state index in [0.29, 0.717) is 55.2 Å². The molecule has 10 nitrogen and oxygen atoms in total. The lowest BCUT2D eigenvalue weighted by molar-refractivity contribution is -0.274. The van der Waals surface area contributed by atoms with Crippen molar-refractivity contribution < 1.29 is 27.8 Å². The van der Waals surface area contributed by atoms with Crippen molar-refractivity contribution in [1.82, 2.24) is 25.7 Å². The van der Waals surface area contributed by atoms with Crippen LogP contribution in [-0.4, -0.2) is 64.8 Å². The highest BCUT2D eigenvalue weighted by Crippen LogP contribution is 2.31. The van der Waals surface area contributed by atoms with Crippen molar-refractivity contribution in [2.24, 2.45) is 0 Å². The maximum absolute atomic E-state index is 12.6. The summed E-state index contributed by atoms with van der Waals surface area (Å²) in [5.41, 5.74) is 4.87. The van der Waals surface area contributed by atoms with Crippen LogP contribution in [-0.2, 0) is 17.7 Å². The fraction of sp³-hybridized carbons (Fsp3) is 0.370. The number of H-pyrrole nitrogens is 2. The number of aliphatic hydroxyl groups is 1. The number of ether oxygens (including phenoxy) is 2. The van der Waals surface area contributed by atoms with Crippen LogP contribution in [0.5, 0.6) is 5.75 Å². The van der Waals surface area contributed by atoms with Crippen LogP contribution in [0.15, 0.2) is 42.7 Å². The van der Waals surface area contributed by atoms with Crippen LogP contribution < -0.4 is 15.4 Å². The van der Waals surface area contributed by atoms with Crippen molar-refractivity contribution in [2.45, 2.75) is 32.2 Å². The maximum atomic E-state index is 12.6. The van der Waals surface area contributed by atoms with Crippen LogP contribution >= 0.6 is 0 Å². The summed E-state index contributed by atoms with van der Waals surface area (Å²) in [5, 5.41) is 39.7. The first kappa shape index (κ1) is 28.9. The number of nitriles is 1. The van der Waals surface area contributed by atoms with Crippen LogP contribution in [0.4, 0.5) is 18.9 Å². The molecule has 0 bridgehead atoms. The maximum Gasteiger partial charge on any atom is 0.573 e. The van der Waals surface area contributed by atoms with Crippen LogP contribution in [0.3, 0.4) is 0 Å². The second-order valence-corrected chi connectivity index (χ2v) is 9.06.